The quantitative estimate of drug-likeness (QED) is 0.784. The van der Waals surface area contributed by atoms with E-state index in [1.54, 1.807) is 37.4 Å². The lowest BCUT2D eigenvalue weighted by Gasteiger charge is -2.11. The van der Waals surface area contributed by atoms with Gasteiger partial charge in [0.25, 0.3) is 0 Å². The summed E-state index contributed by atoms with van der Waals surface area (Å²) in [5, 5.41) is 15.6. The Bertz CT molecular complexity index is 788. The van der Waals surface area contributed by atoms with E-state index >= 15 is 0 Å². The van der Waals surface area contributed by atoms with Gasteiger partial charge in [0, 0.05) is 13.7 Å². The van der Waals surface area contributed by atoms with Gasteiger partial charge in [0.2, 0.25) is 0 Å². The number of nitrogens with zero attached hydrogens (tertiary/aromatic N) is 4. The van der Waals surface area contributed by atoms with Gasteiger partial charge in [-0.25, -0.2) is 4.39 Å². The molecule has 0 fully saturated rings. The molecule has 3 aromatic rings. The maximum Gasteiger partial charge on any atom is 0.188 e. The molecule has 0 aliphatic heterocycles. The van der Waals surface area contributed by atoms with Crippen LogP contribution in [0.25, 0.3) is 17.0 Å². The van der Waals surface area contributed by atoms with Crippen LogP contribution in [-0.2, 0) is 4.74 Å². The van der Waals surface area contributed by atoms with E-state index in [0.717, 1.165) is 0 Å². The maximum atomic E-state index is 13.9. The molecule has 7 heteroatoms. The van der Waals surface area contributed by atoms with Gasteiger partial charge in [0.05, 0.1) is 11.7 Å². The third kappa shape index (κ3) is 2.75. The normalized spacial score (nSPS) is 12.5. The van der Waals surface area contributed by atoms with Gasteiger partial charge in [0.1, 0.15) is 11.6 Å². The van der Waals surface area contributed by atoms with Gasteiger partial charge in [0.15, 0.2) is 11.5 Å². The number of nitrogens with one attached hydrogen (secondary N) is 1. The molecule has 22 heavy (non-hydrogen) atoms. The number of fused-ring (bicyclic) bond motifs is 1. The number of hydrogen-bond donors (Lipinski definition) is 1. The highest BCUT2D eigenvalue weighted by molar-refractivity contribution is 5.60. The van der Waals surface area contributed by atoms with E-state index in [-0.39, 0.29) is 11.9 Å². The Labute approximate surface area is 126 Å². The fourth-order valence-electron chi connectivity index (χ4n) is 2.03. The number of aromatic nitrogens is 4. The molecule has 114 valence electrons. The average molecular weight is 301 g/mol. The molecule has 0 amide bonds. The Morgan fingerprint density at radius 2 is 2.05 bits per heavy atom. The van der Waals surface area contributed by atoms with Gasteiger partial charge in [-0.2, -0.15) is 4.52 Å². The first-order chi connectivity index (χ1) is 10.7. The minimum absolute atomic E-state index is 0.0597. The molecule has 2 heterocycles. The summed E-state index contributed by atoms with van der Waals surface area (Å²) >= 11 is 0. The number of rotatable bonds is 5. The number of halogens is 1. The average Bonchev–Trinajstić information content (AvgIpc) is 2.96. The van der Waals surface area contributed by atoms with Crippen molar-refractivity contribution < 1.29 is 9.13 Å². The monoisotopic (exact) mass is 301 g/mol. The Hall–Kier alpha value is -2.54. The van der Waals surface area contributed by atoms with Crippen molar-refractivity contribution in [1.82, 2.24) is 19.8 Å². The van der Waals surface area contributed by atoms with Crippen LogP contribution >= 0.6 is 0 Å². The number of benzene rings is 1. The fourth-order valence-corrected chi connectivity index (χ4v) is 2.03. The summed E-state index contributed by atoms with van der Waals surface area (Å²) in [4.78, 5) is 0. The van der Waals surface area contributed by atoms with Gasteiger partial charge in [-0.05, 0) is 31.2 Å². The lowest BCUT2D eigenvalue weighted by atomic mass is 10.2. The Balaban J connectivity index is 1.97. The molecule has 1 aromatic carbocycles. The Morgan fingerprint density at radius 3 is 2.82 bits per heavy atom. The first-order valence-electron chi connectivity index (χ1n) is 6.93. The summed E-state index contributed by atoms with van der Waals surface area (Å²) < 4.78 is 20.6. The first-order valence-corrected chi connectivity index (χ1v) is 6.93. The molecule has 0 radical (unpaired) electrons. The molecule has 1 atom stereocenters. The fraction of sp³-hybridized carbons (Fsp3) is 0.267. The van der Waals surface area contributed by atoms with E-state index in [1.165, 1.54) is 10.6 Å². The smallest absolute Gasteiger partial charge is 0.188 e. The number of hydrogen-bond acceptors (Lipinski definition) is 5. The van der Waals surface area contributed by atoms with E-state index in [9.17, 15) is 4.39 Å². The van der Waals surface area contributed by atoms with Crippen LogP contribution in [0.3, 0.4) is 0 Å². The second-order valence-electron chi connectivity index (χ2n) is 4.92. The molecular formula is C15H16FN5O. The lowest BCUT2D eigenvalue weighted by Crippen LogP contribution is -2.19. The van der Waals surface area contributed by atoms with E-state index < -0.39 is 0 Å². The van der Waals surface area contributed by atoms with Gasteiger partial charge >= 0.3 is 0 Å². The van der Waals surface area contributed by atoms with Crippen LogP contribution in [0.1, 0.15) is 6.92 Å². The van der Waals surface area contributed by atoms with Gasteiger partial charge < -0.3 is 10.1 Å². The summed E-state index contributed by atoms with van der Waals surface area (Å²) in [5.74, 6) is 0.662. The predicted octanol–water partition coefficient (Wildman–Crippen LogP) is 2.38. The summed E-state index contributed by atoms with van der Waals surface area (Å²) in [5.41, 5.74) is 0.925. The summed E-state index contributed by atoms with van der Waals surface area (Å²) in [7, 11) is 1.65. The van der Waals surface area contributed by atoms with Crippen molar-refractivity contribution in [3.8, 4) is 11.4 Å². The second-order valence-corrected chi connectivity index (χ2v) is 4.92. The summed E-state index contributed by atoms with van der Waals surface area (Å²) in [6.45, 7) is 2.57. The predicted molar refractivity (Wildman–Crippen MR) is 81.1 cm³/mol. The van der Waals surface area contributed by atoms with Crippen molar-refractivity contribution in [3.05, 3.63) is 42.2 Å². The molecule has 1 unspecified atom stereocenters. The van der Waals surface area contributed by atoms with Crippen molar-refractivity contribution in [2.75, 3.05) is 19.0 Å². The molecule has 0 aliphatic carbocycles. The molecule has 3 rings (SSSR count). The highest BCUT2D eigenvalue weighted by atomic mass is 19.1. The zero-order chi connectivity index (χ0) is 15.5. The number of anilines is 1. The second kappa shape index (κ2) is 6.07. The van der Waals surface area contributed by atoms with Crippen molar-refractivity contribution in [3.63, 3.8) is 0 Å². The largest absolute Gasteiger partial charge is 0.380 e. The van der Waals surface area contributed by atoms with Crippen LogP contribution in [0.15, 0.2) is 36.4 Å². The van der Waals surface area contributed by atoms with Crippen molar-refractivity contribution in [2.45, 2.75) is 13.0 Å². The lowest BCUT2D eigenvalue weighted by molar-refractivity contribution is 0.128. The standard InChI is InChI=1S/C15H16FN5O/c1-10(22-2)9-17-13-7-8-14-18-19-15(21(14)20-13)11-5-3-4-6-12(11)16/h3-8,10H,9H2,1-2H3,(H,17,20). The van der Waals surface area contributed by atoms with Crippen LogP contribution in [0.5, 0.6) is 0 Å². The first kappa shape index (κ1) is 14.4. The molecule has 0 aliphatic rings. The number of methoxy groups -OCH3 is 1. The Kier molecular flexibility index (Phi) is 3.97. The summed E-state index contributed by atoms with van der Waals surface area (Å²) in [6.07, 6.45) is 0.0597. The minimum atomic E-state index is -0.357. The van der Waals surface area contributed by atoms with Crippen molar-refractivity contribution in [2.24, 2.45) is 0 Å². The number of ether oxygens (including phenoxy) is 1. The highest BCUT2D eigenvalue weighted by Gasteiger charge is 2.13. The van der Waals surface area contributed by atoms with Gasteiger partial charge in [-0.1, -0.05) is 12.1 Å². The van der Waals surface area contributed by atoms with E-state index in [4.69, 9.17) is 4.74 Å². The van der Waals surface area contributed by atoms with Crippen LogP contribution < -0.4 is 5.32 Å². The van der Waals surface area contributed by atoms with E-state index in [0.29, 0.717) is 29.4 Å². The Morgan fingerprint density at radius 1 is 1.23 bits per heavy atom. The third-order valence-corrected chi connectivity index (χ3v) is 3.35. The molecule has 6 nitrogen and oxygen atoms in total. The van der Waals surface area contributed by atoms with Gasteiger partial charge in [-0.15, -0.1) is 15.3 Å². The molecule has 2 aromatic heterocycles. The zero-order valence-electron chi connectivity index (χ0n) is 12.3. The van der Waals surface area contributed by atoms with E-state index in [2.05, 4.69) is 20.6 Å². The van der Waals surface area contributed by atoms with Crippen LogP contribution in [-0.4, -0.2) is 39.6 Å². The zero-order valence-corrected chi connectivity index (χ0v) is 12.3. The molecule has 1 N–H and O–H groups in total. The maximum absolute atomic E-state index is 13.9. The molecule has 0 saturated heterocycles. The molecule has 0 bridgehead atoms. The molecule has 0 saturated carbocycles. The topological polar surface area (TPSA) is 64.3 Å². The van der Waals surface area contributed by atoms with Crippen molar-refractivity contribution in [1.29, 1.82) is 0 Å². The highest BCUT2D eigenvalue weighted by Crippen LogP contribution is 2.21. The van der Waals surface area contributed by atoms with Crippen LogP contribution in [0.4, 0.5) is 10.2 Å². The van der Waals surface area contributed by atoms with Crippen molar-refractivity contribution >= 4 is 11.5 Å². The van der Waals surface area contributed by atoms with Crippen LogP contribution in [0, 0.1) is 5.82 Å². The van der Waals surface area contributed by atoms with Gasteiger partial charge in [-0.3, -0.25) is 0 Å². The summed E-state index contributed by atoms with van der Waals surface area (Å²) in [6, 6.07) is 10.0. The SMILES string of the molecule is COC(C)CNc1ccc2nnc(-c3ccccc3F)n2n1. The van der Waals surface area contributed by atoms with E-state index in [1.807, 2.05) is 6.92 Å². The van der Waals surface area contributed by atoms with Crippen LogP contribution in [0.2, 0.25) is 0 Å². The third-order valence-electron chi connectivity index (χ3n) is 3.35. The molecule has 0 spiro atoms. The minimum Gasteiger partial charge on any atom is -0.380 e. The molecular weight excluding hydrogens is 285 g/mol.